The Balaban J connectivity index is 1.37. The summed E-state index contributed by atoms with van der Waals surface area (Å²) in [7, 11) is 0. The van der Waals surface area contributed by atoms with E-state index < -0.39 is 12.0 Å². The third-order valence-corrected chi connectivity index (χ3v) is 6.73. The van der Waals surface area contributed by atoms with Crippen LogP contribution in [0.4, 0.5) is 13.2 Å². The molecule has 9 heteroatoms. The van der Waals surface area contributed by atoms with Crippen LogP contribution in [0.5, 0.6) is 0 Å². The lowest BCUT2D eigenvalue weighted by molar-refractivity contribution is -0.148. The minimum atomic E-state index is -4.46. The van der Waals surface area contributed by atoms with Gasteiger partial charge in [-0.2, -0.15) is 13.2 Å². The molecule has 0 atom stereocenters. The van der Waals surface area contributed by atoms with Gasteiger partial charge in [0.25, 0.3) is 0 Å². The van der Waals surface area contributed by atoms with Crippen molar-refractivity contribution in [1.82, 2.24) is 19.7 Å². The highest BCUT2D eigenvalue weighted by Gasteiger charge is 2.40. The van der Waals surface area contributed by atoms with Crippen LogP contribution in [0.3, 0.4) is 0 Å². The van der Waals surface area contributed by atoms with Crippen LogP contribution in [-0.2, 0) is 24.7 Å². The highest BCUT2D eigenvalue weighted by Crippen LogP contribution is 2.42. The van der Waals surface area contributed by atoms with Gasteiger partial charge in [0.2, 0.25) is 5.82 Å². The minimum absolute atomic E-state index is 0.0366. The van der Waals surface area contributed by atoms with E-state index in [2.05, 4.69) is 21.2 Å². The zero-order chi connectivity index (χ0) is 20.6. The summed E-state index contributed by atoms with van der Waals surface area (Å²) < 4.78 is 40.2. The maximum atomic E-state index is 13.0. The van der Waals surface area contributed by atoms with Crippen molar-refractivity contribution in [3.05, 3.63) is 46.5 Å². The van der Waals surface area contributed by atoms with E-state index in [0.717, 1.165) is 37.3 Å². The van der Waals surface area contributed by atoms with Crippen molar-refractivity contribution in [2.45, 2.75) is 50.4 Å². The van der Waals surface area contributed by atoms with Crippen molar-refractivity contribution in [3.63, 3.8) is 0 Å². The van der Waals surface area contributed by atoms with E-state index in [-0.39, 0.29) is 12.0 Å². The molecule has 5 nitrogen and oxygen atoms in total. The third-order valence-electron chi connectivity index (χ3n) is 6.49. The SMILES string of the molecule is NCC1(c2cccc(Cl)c2)CCC(CN2CCn3c(nnc3C(F)(F)F)C2)CC1. The van der Waals surface area contributed by atoms with Gasteiger partial charge in [-0.1, -0.05) is 23.7 Å². The lowest BCUT2D eigenvalue weighted by Crippen LogP contribution is -2.43. The number of rotatable bonds is 4. The van der Waals surface area contributed by atoms with Gasteiger partial charge in [0.05, 0.1) is 6.54 Å². The summed E-state index contributed by atoms with van der Waals surface area (Å²) in [5.74, 6) is 0.0131. The standard InChI is InChI=1S/C20H25ClF3N5/c21-16-3-1-2-15(10-16)19(13-25)6-4-14(5-7-19)11-28-8-9-29-17(12-28)26-27-18(29)20(22,23)24/h1-3,10,14H,4-9,11-13,25H2. The first-order valence-electron chi connectivity index (χ1n) is 9.98. The molecule has 0 radical (unpaired) electrons. The zero-order valence-electron chi connectivity index (χ0n) is 16.1. The second-order valence-electron chi connectivity index (χ2n) is 8.26. The number of hydrogen-bond acceptors (Lipinski definition) is 4. The Hall–Kier alpha value is -1.64. The maximum absolute atomic E-state index is 13.0. The van der Waals surface area contributed by atoms with Crippen LogP contribution in [-0.4, -0.2) is 39.3 Å². The molecule has 0 saturated heterocycles. The number of alkyl halides is 3. The fourth-order valence-corrected chi connectivity index (χ4v) is 4.97. The van der Waals surface area contributed by atoms with E-state index in [1.165, 1.54) is 10.1 Å². The molecule has 0 amide bonds. The Morgan fingerprint density at radius 3 is 2.59 bits per heavy atom. The van der Waals surface area contributed by atoms with Crippen LogP contribution in [0, 0.1) is 5.92 Å². The van der Waals surface area contributed by atoms with Crippen LogP contribution in [0.2, 0.25) is 5.02 Å². The summed E-state index contributed by atoms with van der Waals surface area (Å²) in [4.78, 5) is 2.20. The van der Waals surface area contributed by atoms with Crippen LogP contribution < -0.4 is 5.73 Å². The summed E-state index contributed by atoms with van der Waals surface area (Å²) in [5, 5.41) is 7.86. The lowest BCUT2D eigenvalue weighted by Gasteiger charge is -2.41. The maximum Gasteiger partial charge on any atom is 0.451 e. The molecule has 0 spiro atoms. The molecule has 4 rings (SSSR count). The second kappa shape index (κ2) is 7.89. The fraction of sp³-hybridized carbons (Fsp3) is 0.600. The molecule has 158 valence electrons. The summed E-state index contributed by atoms with van der Waals surface area (Å²) in [6, 6.07) is 7.97. The molecule has 1 aliphatic carbocycles. The van der Waals surface area contributed by atoms with Gasteiger partial charge in [-0.3, -0.25) is 4.90 Å². The van der Waals surface area contributed by atoms with Crippen molar-refractivity contribution in [3.8, 4) is 0 Å². The van der Waals surface area contributed by atoms with E-state index >= 15 is 0 Å². The Morgan fingerprint density at radius 2 is 1.93 bits per heavy atom. The average molecular weight is 428 g/mol. The molecular formula is C20H25ClF3N5. The first-order valence-corrected chi connectivity index (χ1v) is 10.4. The number of nitrogens with zero attached hydrogens (tertiary/aromatic N) is 4. The van der Waals surface area contributed by atoms with Crippen molar-refractivity contribution in [2.24, 2.45) is 11.7 Å². The number of halogens is 4. The minimum Gasteiger partial charge on any atom is -0.330 e. The quantitative estimate of drug-likeness (QED) is 0.805. The molecule has 1 fully saturated rings. The van der Waals surface area contributed by atoms with Crippen LogP contribution >= 0.6 is 11.6 Å². The number of aromatic nitrogens is 3. The summed E-state index contributed by atoms with van der Waals surface area (Å²) >= 11 is 6.18. The molecule has 2 aromatic rings. The normalized spacial score (nSPS) is 25.8. The van der Waals surface area contributed by atoms with Gasteiger partial charge < -0.3 is 10.3 Å². The van der Waals surface area contributed by atoms with Crippen molar-refractivity contribution in [2.75, 3.05) is 19.6 Å². The van der Waals surface area contributed by atoms with Crippen molar-refractivity contribution >= 4 is 11.6 Å². The number of hydrogen-bond donors (Lipinski definition) is 1. The number of fused-ring (bicyclic) bond motifs is 1. The Bertz CT molecular complexity index is 858. The highest BCUT2D eigenvalue weighted by atomic mass is 35.5. The molecule has 1 aliphatic heterocycles. The number of nitrogens with two attached hydrogens (primary N) is 1. The summed E-state index contributed by atoms with van der Waals surface area (Å²) in [6.07, 6.45) is -0.377. The van der Waals surface area contributed by atoms with Crippen molar-refractivity contribution < 1.29 is 13.2 Å². The molecular weight excluding hydrogens is 403 g/mol. The lowest BCUT2D eigenvalue weighted by atomic mass is 9.66. The first kappa shape index (κ1) is 20.6. The molecule has 29 heavy (non-hydrogen) atoms. The molecule has 2 heterocycles. The second-order valence-corrected chi connectivity index (χ2v) is 8.70. The van der Waals surface area contributed by atoms with E-state index in [0.29, 0.717) is 31.4 Å². The van der Waals surface area contributed by atoms with Gasteiger partial charge in [-0.15, -0.1) is 10.2 Å². The molecule has 1 aromatic heterocycles. The molecule has 2 aliphatic rings. The number of benzene rings is 1. The van der Waals surface area contributed by atoms with Gasteiger partial charge in [0, 0.05) is 36.6 Å². The predicted octanol–water partition coefficient (Wildman–Crippen LogP) is 3.85. The van der Waals surface area contributed by atoms with Gasteiger partial charge in [0.15, 0.2) is 0 Å². The Labute approximate surface area is 173 Å². The first-order chi connectivity index (χ1) is 13.8. The monoisotopic (exact) mass is 427 g/mol. The molecule has 0 unspecified atom stereocenters. The highest BCUT2D eigenvalue weighted by molar-refractivity contribution is 6.30. The van der Waals surface area contributed by atoms with E-state index in [1.54, 1.807) is 0 Å². The van der Waals surface area contributed by atoms with Crippen LogP contribution in [0.25, 0.3) is 0 Å². The van der Waals surface area contributed by atoms with Gasteiger partial charge in [-0.25, -0.2) is 0 Å². The Kier molecular flexibility index (Phi) is 5.61. The summed E-state index contributed by atoms with van der Waals surface area (Å²) in [6.45, 7) is 2.73. The molecule has 0 bridgehead atoms. The molecule has 1 aromatic carbocycles. The van der Waals surface area contributed by atoms with Crippen LogP contribution in [0.15, 0.2) is 24.3 Å². The largest absolute Gasteiger partial charge is 0.451 e. The van der Waals surface area contributed by atoms with Gasteiger partial charge in [0.1, 0.15) is 5.82 Å². The van der Waals surface area contributed by atoms with E-state index in [1.807, 2.05) is 18.2 Å². The zero-order valence-corrected chi connectivity index (χ0v) is 16.9. The molecule has 1 saturated carbocycles. The third kappa shape index (κ3) is 4.15. The van der Waals surface area contributed by atoms with Gasteiger partial charge >= 0.3 is 6.18 Å². The Morgan fingerprint density at radius 1 is 1.17 bits per heavy atom. The van der Waals surface area contributed by atoms with Crippen molar-refractivity contribution in [1.29, 1.82) is 0 Å². The predicted molar refractivity (Wildman–Crippen MR) is 104 cm³/mol. The summed E-state index contributed by atoms with van der Waals surface area (Å²) in [5.41, 5.74) is 7.35. The van der Waals surface area contributed by atoms with E-state index in [9.17, 15) is 13.2 Å². The van der Waals surface area contributed by atoms with Gasteiger partial charge in [-0.05, 0) is 49.3 Å². The fourth-order valence-electron chi connectivity index (χ4n) is 4.78. The average Bonchev–Trinajstić information content (AvgIpc) is 3.12. The topological polar surface area (TPSA) is 60.0 Å². The van der Waals surface area contributed by atoms with Crippen LogP contribution in [0.1, 0.15) is 42.9 Å². The molecule has 2 N–H and O–H groups in total. The van der Waals surface area contributed by atoms with E-state index in [4.69, 9.17) is 17.3 Å². The smallest absolute Gasteiger partial charge is 0.330 e.